The van der Waals surface area contributed by atoms with Crippen LogP contribution in [0, 0.1) is 6.92 Å². The highest BCUT2D eigenvalue weighted by atomic mass is 16.5. The monoisotopic (exact) mass is 328 g/mol. The van der Waals surface area contributed by atoms with Gasteiger partial charge in [0.25, 0.3) is 0 Å². The molecule has 2 aromatic rings. The minimum absolute atomic E-state index is 0.103. The van der Waals surface area contributed by atoms with Crippen molar-refractivity contribution in [2.75, 3.05) is 33.8 Å². The minimum atomic E-state index is 0.103. The molecule has 1 aromatic carbocycles. The van der Waals surface area contributed by atoms with Gasteiger partial charge < -0.3 is 9.64 Å². The summed E-state index contributed by atoms with van der Waals surface area (Å²) in [5, 5.41) is 4.21. The van der Waals surface area contributed by atoms with Crippen LogP contribution < -0.4 is 4.74 Å². The van der Waals surface area contributed by atoms with Crippen molar-refractivity contribution < 1.29 is 9.53 Å². The van der Waals surface area contributed by atoms with Crippen LogP contribution in [0.4, 0.5) is 0 Å². The third-order valence-electron chi connectivity index (χ3n) is 4.56. The molecule has 2 heterocycles. The second kappa shape index (κ2) is 7.05. The molecule has 0 radical (unpaired) electrons. The van der Waals surface area contributed by atoms with Crippen LogP contribution in [-0.2, 0) is 11.3 Å². The van der Waals surface area contributed by atoms with Crippen LogP contribution in [0.2, 0.25) is 0 Å². The first-order valence-corrected chi connectivity index (χ1v) is 8.18. The largest absolute Gasteiger partial charge is 0.496 e. The maximum absolute atomic E-state index is 12.6. The zero-order valence-corrected chi connectivity index (χ0v) is 14.5. The molecule has 1 aliphatic rings. The van der Waals surface area contributed by atoms with Gasteiger partial charge in [-0.05, 0) is 25.6 Å². The number of methoxy groups -OCH3 is 1. The summed E-state index contributed by atoms with van der Waals surface area (Å²) in [5.41, 5.74) is 2.18. The lowest BCUT2D eigenvalue weighted by Crippen LogP contribution is -2.49. The maximum atomic E-state index is 12.6. The fourth-order valence-corrected chi connectivity index (χ4v) is 3.17. The number of piperazine rings is 1. The van der Waals surface area contributed by atoms with E-state index in [0.717, 1.165) is 30.0 Å². The van der Waals surface area contributed by atoms with E-state index in [9.17, 15) is 4.79 Å². The molecule has 0 spiro atoms. The Hall–Kier alpha value is -2.34. The highest BCUT2D eigenvalue weighted by Crippen LogP contribution is 2.31. The Morgan fingerprint density at radius 2 is 2.12 bits per heavy atom. The van der Waals surface area contributed by atoms with Crippen molar-refractivity contribution in [2.24, 2.45) is 0 Å². The van der Waals surface area contributed by atoms with E-state index in [1.54, 1.807) is 18.0 Å². The number of hydrogen-bond acceptors (Lipinski definition) is 4. The van der Waals surface area contributed by atoms with Crippen LogP contribution in [0.25, 0.3) is 0 Å². The van der Waals surface area contributed by atoms with Gasteiger partial charge >= 0.3 is 0 Å². The Labute approximate surface area is 142 Å². The van der Waals surface area contributed by atoms with Crippen LogP contribution >= 0.6 is 0 Å². The van der Waals surface area contributed by atoms with E-state index in [2.05, 4.69) is 23.1 Å². The average molecular weight is 328 g/mol. The van der Waals surface area contributed by atoms with Crippen molar-refractivity contribution in [1.82, 2.24) is 19.6 Å². The number of hydrogen-bond donors (Lipinski definition) is 0. The van der Waals surface area contributed by atoms with Crippen LogP contribution in [-0.4, -0.2) is 59.3 Å². The van der Waals surface area contributed by atoms with Crippen molar-refractivity contribution in [2.45, 2.75) is 19.5 Å². The molecule has 1 aliphatic heterocycles. The summed E-state index contributed by atoms with van der Waals surface area (Å²) >= 11 is 0. The van der Waals surface area contributed by atoms with Crippen molar-refractivity contribution in [3.8, 4) is 5.75 Å². The number of aryl methyl sites for hydroxylation is 1. The molecule has 6 heteroatoms. The van der Waals surface area contributed by atoms with Gasteiger partial charge in [-0.2, -0.15) is 5.10 Å². The molecule has 1 aromatic heterocycles. The van der Waals surface area contributed by atoms with Crippen LogP contribution in [0.1, 0.15) is 17.2 Å². The summed E-state index contributed by atoms with van der Waals surface area (Å²) in [6.07, 6.45) is 3.67. The number of aromatic nitrogens is 2. The normalized spacial score (nSPS) is 18.6. The number of carbonyl (C=O) groups excluding carboxylic acids is 1. The number of carbonyl (C=O) groups is 1. The first-order chi connectivity index (χ1) is 11.6. The predicted molar refractivity (Wildman–Crippen MR) is 91.9 cm³/mol. The van der Waals surface area contributed by atoms with Crippen LogP contribution in [0.15, 0.2) is 36.7 Å². The summed E-state index contributed by atoms with van der Waals surface area (Å²) < 4.78 is 7.20. The van der Waals surface area contributed by atoms with Gasteiger partial charge in [-0.15, -0.1) is 0 Å². The standard InChI is InChI=1S/C18H24N4O2/c1-14-10-19-22(11-14)13-18(23)21-9-8-20(2)16(12-21)15-6-4-5-7-17(15)24-3/h4-7,10-11,16H,8-9,12-13H2,1-3H3. The number of para-hydroxylation sites is 1. The van der Waals surface area contributed by atoms with E-state index in [1.165, 1.54) is 0 Å². The Balaban J connectivity index is 1.74. The van der Waals surface area contributed by atoms with Gasteiger partial charge in [0.15, 0.2) is 0 Å². The zero-order valence-electron chi connectivity index (χ0n) is 14.5. The lowest BCUT2D eigenvalue weighted by atomic mass is 10.0. The first kappa shape index (κ1) is 16.5. The zero-order chi connectivity index (χ0) is 17.1. The van der Waals surface area contributed by atoms with E-state index in [1.807, 2.05) is 36.2 Å². The van der Waals surface area contributed by atoms with E-state index in [4.69, 9.17) is 4.74 Å². The molecular weight excluding hydrogens is 304 g/mol. The van der Waals surface area contributed by atoms with Gasteiger partial charge in [0.05, 0.1) is 19.3 Å². The van der Waals surface area contributed by atoms with Gasteiger partial charge in [0.1, 0.15) is 12.3 Å². The number of amides is 1. The first-order valence-electron chi connectivity index (χ1n) is 8.18. The molecule has 3 rings (SSSR count). The maximum Gasteiger partial charge on any atom is 0.244 e. The van der Waals surface area contributed by atoms with Crippen molar-refractivity contribution in [3.05, 3.63) is 47.8 Å². The fourth-order valence-electron chi connectivity index (χ4n) is 3.17. The molecular formula is C18H24N4O2. The number of rotatable bonds is 4. The summed E-state index contributed by atoms with van der Waals surface area (Å²) in [4.78, 5) is 16.8. The molecule has 6 nitrogen and oxygen atoms in total. The highest BCUT2D eigenvalue weighted by molar-refractivity contribution is 5.76. The third kappa shape index (κ3) is 3.43. The lowest BCUT2D eigenvalue weighted by Gasteiger charge is -2.40. The summed E-state index contributed by atoms with van der Waals surface area (Å²) in [6, 6.07) is 8.16. The average Bonchev–Trinajstić information content (AvgIpc) is 3.00. The van der Waals surface area contributed by atoms with Crippen molar-refractivity contribution >= 4 is 5.91 Å². The molecule has 0 bridgehead atoms. The molecule has 1 fully saturated rings. The Kier molecular flexibility index (Phi) is 4.85. The number of ether oxygens (including phenoxy) is 1. The SMILES string of the molecule is COc1ccccc1C1CN(C(=O)Cn2cc(C)cn2)CCN1C. The predicted octanol–water partition coefficient (Wildman–Crippen LogP) is 1.72. The molecule has 1 saturated heterocycles. The summed E-state index contributed by atoms with van der Waals surface area (Å²) in [6.45, 7) is 4.50. The molecule has 0 saturated carbocycles. The van der Waals surface area contributed by atoms with Crippen molar-refractivity contribution in [1.29, 1.82) is 0 Å². The fraction of sp³-hybridized carbons (Fsp3) is 0.444. The van der Waals surface area contributed by atoms with Crippen LogP contribution in [0.3, 0.4) is 0 Å². The summed E-state index contributed by atoms with van der Waals surface area (Å²) in [7, 11) is 3.78. The molecule has 128 valence electrons. The highest BCUT2D eigenvalue weighted by Gasteiger charge is 2.30. The van der Waals surface area contributed by atoms with Crippen molar-refractivity contribution in [3.63, 3.8) is 0 Å². The van der Waals surface area contributed by atoms with E-state index < -0.39 is 0 Å². The quantitative estimate of drug-likeness (QED) is 0.857. The molecule has 0 aliphatic carbocycles. The number of likely N-dealkylation sites (N-methyl/N-ethyl adjacent to an activating group) is 1. The number of nitrogens with zero attached hydrogens (tertiary/aromatic N) is 4. The topological polar surface area (TPSA) is 50.6 Å². The second-order valence-corrected chi connectivity index (χ2v) is 6.29. The molecule has 1 atom stereocenters. The van der Waals surface area contributed by atoms with E-state index in [0.29, 0.717) is 6.54 Å². The van der Waals surface area contributed by atoms with Gasteiger partial charge in [-0.1, -0.05) is 18.2 Å². The molecule has 0 N–H and O–H groups in total. The van der Waals surface area contributed by atoms with Gasteiger partial charge in [0, 0.05) is 31.4 Å². The molecule has 1 unspecified atom stereocenters. The Morgan fingerprint density at radius 3 is 2.83 bits per heavy atom. The number of benzene rings is 1. The Bertz CT molecular complexity index is 713. The second-order valence-electron chi connectivity index (χ2n) is 6.29. The lowest BCUT2D eigenvalue weighted by molar-refractivity contribution is -0.134. The van der Waals surface area contributed by atoms with Gasteiger partial charge in [-0.3, -0.25) is 14.4 Å². The molecule has 24 heavy (non-hydrogen) atoms. The minimum Gasteiger partial charge on any atom is -0.496 e. The van der Waals surface area contributed by atoms with Crippen LogP contribution in [0.5, 0.6) is 5.75 Å². The smallest absolute Gasteiger partial charge is 0.244 e. The van der Waals surface area contributed by atoms with E-state index in [-0.39, 0.29) is 18.5 Å². The Morgan fingerprint density at radius 1 is 1.33 bits per heavy atom. The van der Waals surface area contributed by atoms with E-state index >= 15 is 0 Å². The summed E-state index contributed by atoms with van der Waals surface area (Å²) in [5.74, 6) is 0.970. The molecule has 1 amide bonds. The van der Waals surface area contributed by atoms with Gasteiger partial charge in [0.2, 0.25) is 5.91 Å². The van der Waals surface area contributed by atoms with Gasteiger partial charge in [-0.25, -0.2) is 0 Å². The third-order valence-corrected chi connectivity index (χ3v) is 4.56.